The molecule has 0 bridgehead atoms. The minimum Gasteiger partial charge on any atom is -0.494 e. The van der Waals surface area contributed by atoms with E-state index in [4.69, 9.17) is 14.5 Å². The fourth-order valence-corrected chi connectivity index (χ4v) is 3.85. The minimum atomic E-state index is 0.724. The Labute approximate surface area is 181 Å². The molecule has 30 heavy (non-hydrogen) atoms. The summed E-state index contributed by atoms with van der Waals surface area (Å²) in [5, 5.41) is 3.56. The highest BCUT2D eigenvalue weighted by molar-refractivity contribution is 6.06. The molecule has 0 aliphatic rings. The number of rotatable bonds is 14. The number of benzene rings is 2. The minimum absolute atomic E-state index is 0.724. The Balaban J connectivity index is 1.57. The Morgan fingerprint density at radius 3 is 2.10 bits per heavy atom. The molecule has 1 aromatic heterocycles. The molecule has 0 atom stereocenters. The summed E-state index contributed by atoms with van der Waals surface area (Å²) in [6.07, 6.45) is 12.5. The predicted molar refractivity (Wildman–Crippen MR) is 128 cm³/mol. The summed E-state index contributed by atoms with van der Waals surface area (Å²) >= 11 is 0. The maximum Gasteiger partial charge on any atom is 0.213 e. The molecular formula is C27H37NO2. The van der Waals surface area contributed by atoms with E-state index in [0.717, 1.165) is 48.6 Å². The van der Waals surface area contributed by atoms with Crippen molar-refractivity contribution in [3.05, 3.63) is 42.5 Å². The molecule has 1 heterocycles. The van der Waals surface area contributed by atoms with E-state index in [0.29, 0.717) is 0 Å². The number of pyridine rings is 1. The summed E-state index contributed by atoms with van der Waals surface area (Å²) in [5.41, 5.74) is 0.983. The zero-order valence-electron chi connectivity index (χ0n) is 18.8. The van der Waals surface area contributed by atoms with Gasteiger partial charge < -0.3 is 9.47 Å². The quantitative estimate of drug-likeness (QED) is 0.200. The molecule has 0 radical (unpaired) electrons. The van der Waals surface area contributed by atoms with Crippen LogP contribution in [-0.2, 0) is 0 Å². The fourth-order valence-electron chi connectivity index (χ4n) is 3.85. The lowest BCUT2D eigenvalue weighted by molar-refractivity contribution is 0.294. The van der Waals surface area contributed by atoms with Gasteiger partial charge in [-0.15, -0.1) is 0 Å². The van der Waals surface area contributed by atoms with Crippen molar-refractivity contribution in [2.75, 3.05) is 13.2 Å². The van der Waals surface area contributed by atoms with Crippen molar-refractivity contribution in [1.82, 2.24) is 4.98 Å². The van der Waals surface area contributed by atoms with E-state index in [9.17, 15) is 0 Å². The van der Waals surface area contributed by atoms with Gasteiger partial charge in [-0.25, -0.2) is 4.98 Å². The van der Waals surface area contributed by atoms with Gasteiger partial charge in [0, 0.05) is 11.5 Å². The van der Waals surface area contributed by atoms with Gasteiger partial charge in [-0.3, -0.25) is 0 Å². The summed E-state index contributed by atoms with van der Waals surface area (Å²) in [6, 6.07) is 14.7. The lowest BCUT2D eigenvalue weighted by Gasteiger charge is -2.10. The average Bonchev–Trinajstić information content (AvgIpc) is 2.78. The molecule has 3 nitrogen and oxygen atoms in total. The molecule has 2 aromatic carbocycles. The number of unbranched alkanes of at least 4 members (excludes halogenated alkanes) is 8. The SMILES string of the molecule is CCCCCCCCOc1ccc2c(ccc3cc(OCCCCCC)ccc32)n1. The van der Waals surface area contributed by atoms with E-state index < -0.39 is 0 Å². The van der Waals surface area contributed by atoms with Crippen LogP contribution in [0.15, 0.2) is 42.5 Å². The maximum atomic E-state index is 5.94. The molecule has 162 valence electrons. The predicted octanol–water partition coefficient (Wildman–Crippen LogP) is 8.09. The molecule has 3 rings (SSSR count). The van der Waals surface area contributed by atoms with Crippen molar-refractivity contribution in [2.45, 2.75) is 78.1 Å². The van der Waals surface area contributed by atoms with E-state index in [1.807, 2.05) is 6.07 Å². The molecule has 3 heteroatoms. The van der Waals surface area contributed by atoms with Crippen LogP contribution in [0.5, 0.6) is 11.6 Å². The first-order valence-electron chi connectivity index (χ1n) is 11.9. The lowest BCUT2D eigenvalue weighted by atomic mass is 10.0. The molecular weight excluding hydrogens is 370 g/mol. The van der Waals surface area contributed by atoms with E-state index in [1.54, 1.807) is 0 Å². The van der Waals surface area contributed by atoms with Gasteiger partial charge in [0.25, 0.3) is 0 Å². The van der Waals surface area contributed by atoms with Gasteiger partial charge in [0.05, 0.1) is 18.7 Å². The first kappa shape index (κ1) is 22.4. The van der Waals surface area contributed by atoms with Crippen LogP contribution in [-0.4, -0.2) is 18.2 Å². The van der Waals surface area contributed by atoms with Crippen molar-refractivity contribution >= 4 is 21.7 Å². The van der Waals surface area contributed by atoms with Crippen LogP contribution in [0.4, 0.5) is 0 Å². The van der Waals surface area contributed by atoms with Crippen LogP contribution in [0, 0.1) is 0 Å². The second kappa shape index (κ2) is 12.4. The topological polar surface area (TPSA) is 31.4 Å². The molecule has 0 unspecified atom stereocenters. The monoisotopic (exact) mass is 407 g/mol. The second-order valence-electron chi connectivity index (χ2n) is 8.19. The molecule has 0 amide bonds. The smallest absolute Gasteiger partial charge is 0.213 e. The summed E-state index contributed by atoms with van der Waals surface area (Å²) < 4.78 is 11.8. The number of aromatic nitrogens is 1. The van der Waals surface area contributed by atoms with Crippen molar-refractivity contribution in [1.29, 1.82) is 0 Å². The van der Waals surface area contributed by atoms with Gasteiger partial charge in [-0.2, -0.15) is 0 Å². The van der Waals surface area contributed by atoms with Gasteiger partial charge in [0.15, 0.2) is 0 Å². The summed E-state index contributed by atoms with van der Waals surface area (Å²) in [5.74, 6) is 1.67. The van der Waals surface area contributed by atoms with Crippen LogP contribution in [0.3, 0.4) is 0 Å². The second-order valence-corrected chi connectivity index (χ2v) is 8.19. The molecule has 0 saturated heterocycles. The Morgan fingerprint density at radius 2 is 1.30 bits per heavy atom. The lowest BCUT2D eigenvalue weighted by Crippen LogP contribution is -1.99. The maximum absolute atomic E-state index is 5.94. The van der Waals surface area contributed by atoms with E-state index in [-0.39, 0.29) is 0 Å². The van der Waals surface area contributed by atoms with Crippen LogP contribution < -0.4 is 9.47 Å². The highest BCUT2D eigenvalue weighted by atomic mass is 16.5. The Kier molecular flexibility index (Phi) is 9.27. The van der Waals surface area contributed by atoms with Crippen LogP contribution in [0.2, 0.25) is 0 Å². The van der Waals surface area contributed by atoms with Crippen LogP contribution >= 0.6 is 0 Å². The number of hydrogen-bond donors (Lipinski definition) is 0. The van der Waals surface area contributed by atoms with Gasteiger partial charge in [-0.05, 0) is 47.9 Å². The van der Waals surface area contributed by atoms with Gasteiger partial charge >= 0.3 is 0 Å². The highest BCUT2D eigenvalue weighted by Gasteiger charge is 2.06. The highest BCUT2D eigenvalue weighted by Crippen LogP contribution is 2.29. The number of nitrogens with zero attached hydrogens (tertiary/aromatic N) is 1. The van der Waals surface area contributed by atoms with Gasteiger partial charge in [0.1, 0.15) is 5.75 Å². The van der Waals surface area contributed by atoms with Crippen molar-refractivity contribution in [3.8, 4) is 11.6 Å². The molecule has 3 aromatic rings. The largest absolute Gasteiger partial charge is 0.494 e. The molecule has 0 spiro atoms. The van der Waals surface area contributed by atoms with Crippen molar-refractivity contribution < 1.29 is 9.47 Å². The zero-order valence-corrected chi connectivity index (χ0v) is 18.8. The number of ether oxygens (including phenoxy) is 2. The molecule has 0 aliphatic heterocycles. The van der Waals surface area contributed by atoms with E-state index in [2.05, 4.69) is 50.2 Å². The van der Waals surface area contributed by atoms with Crippen molar-refractivity contribution in [2.24, 2.45) is 0 Å². The number of fused-ring (bicyclic) bond motifs is 3. The first-order chi connectivity index (χ1) is 14.8. The third-order valence-electron chi connectivity index (χ3n) is 5.65. The number of hydrogen-bond acceptors (Lipinski definition) is 3. The Morgan fingerprint density at radius 1 is 0.633 bits per heavy atom. The van der Waals surface area contributed by atoms with Gasteiger partial charge in [0.2, 0.25) is 5.88 Å². The zero-order chi connectivity index (χ0) is 21.0. The summed E-state index contributed by atoms with van der Waals surface area (Å²) in [4.78, 5) is 4.72. The molecule has 0 aliphatic carbocycles. The fraction of sp³-hybridized carbons (Fsp3) is 0.519. The normalized spacial score (nSPS) is 11.3. The Bertz CT molecular complexity index is 906. The van der Waals surface area contributed by atoms with Crippen LogP contribution in [0.25, 0.3) is 21.7 Å². The summed E-state index contributed by atoms with van der Waals surface area (Å²) in [6.45, 7) is 6.02. The van der Waals surface area contributed by atoms with Gasteiger partial charge in [-0.1, -0.05) is 77.3 Å². The van der Waals surface area contributed by atoms with E-state index >= 15 is 0 Å². The molecule has 0 saturated carbocycles. The molecule has 0 N–H and O–H groups in total. The first-order valence-corrected chi connectivity index (χ1v) is 11.9. The Hall–Kier alpha value is -2.29. The molecule has 0 fully saturated rings. The average molecular weight is 408 g/mol. The summed E-state index contributed by atoms with van der Waals surface area (Å²) in [7, 11) is 0. The van der Waals surface area contributed by atoms with E-state index in [1.165, 1.54) is 62.1 Å². The standard InChI is InChI=1S/C27H37NO2/c1-3-5-7-9-10-12-20-30-27-18-16-25-24-15-14-23(29-19-11-8-6-4-2)21-22(24)13-17-26(25)28-27/h13-18,21H,3-12,19-20H2,1-2H3. The van der Waals surface area contributed by atoms with Crippen LogP contribution in [0.1, 0.15) is 78.1 Å². The van der Waals surface area contributed by atoms with Crippen molar-refractivity contribution in [3.63, 3.8) is 0 Å². The third kappa shape index (κ3) is 6.62. The third-order valence-corrected chi connectivity index (χ3v) is 5.65.